The number of nitrogens with zero attached hydrogens (tertiary/aromatic N) is 1. The van der Waals surface area contributed by atoms with Crippen LogP contribution in [0.3, 0.4) is 0 Å². The Kier molecular flexibility index (Phi) is 5.49. The number of hydrogen-bond donors (Lipinski definition) is 1. The minimum atomic E-state index is -0.564. The fourth-order valence-electron chi connectivity index (χ4n) is 2.92. The average Bonchev–Trinajstić information content (AvgIpc) is 3.14. The van der Waals surface area contributed by atoms with Crippen molar-refractivity contribution in [3.63, 3.8) is 0 Å². The monoisotopic (exact) mass is 390 g/mol. The van der Waals surface area contributed by atoms with E-state index in [1.807, 2.05) is 60.7 Å². The third-order valence-electron chi connectivity index (χ3n) is 4.39. The second kappa shape index (κ2) is 8.53. The van der Waals surface area contributed by atoms with Crippen molar-refractivity contribution < 1.29 is 23.9 Å². The predicted octanol–water partition coefficient (Wildman–Crippen LogP) is 3.19. The summed E-state index contributed by atoms with van der Waals surface area (Å²) in [4.78, 5) is 33.9. The number of amides is 1. The molecule has 0 fully saturated rings. The summed E-state index contributed by atoms with van der Waals surface area (Å²) in [5, 5.41) is 0. The minimum absolute atomic E-state index is 0.0334. The van der Waals surface area contributed by atoms with E-state index in [4.69, 9.17) is 14.3 Å². The van der Waals surface area contributed by atoms with Gasteiger partial charge in [0.05, 0.1) is 17.7 Å². The number of nitrogens with one attached hydrogen (secondary N) is 1. The number of rotatable bonds is 7. The normalized spacial score (nSPS) is 12.2. The van der Waals surface area contributed by atoms with Gasteiger partial charge in [-0.05, 0) is 11.1 Å². The van der Waals surface area contributed by atoms with Crippen LogP contribution >= 0.6 is 0 Å². The number of ether oxygens (including phenoxy) is 2. The van der Waals surface area contributed by atoms with Crippen molar-refractivity contribution in [3.8, 4) is 5.75 Å². The van der Waals surface area contributed by atoms with Crippen LogP contribution in [0.1, 0.15) is 37.5 Å². The Hall–Kier alpha value is -3.71. The number of cyclic esters (lactones) is 1. The van der Waals surface area contributed by atoms with Crippen molar-refractivity contribution in [1.82, 2.24) is 10.5 Å². The second-order valence-electron chi connectivity index (χ2n) is 6.38. The molecular formula is C22H18N2O5. The Bertz CT molecular complexity index is 1020. The summed E-state index contributed by atoms with van der Waals surface area (Å²) in [5.41, 5.74) is 5.05. The van der Waals surface area contributed by atoms with Crippen LogP contribution < -0.4 is 10.2 Å². The molecule has 1 aromatic heterocycles. The van der Waals surface area contributed by atoms with Gasteiger partial charge in [-0.1, -0.05) is 60.7 Å². The molecule has 7 heteroatoms. The van der Waals surface area contributed by atoms with Crippen molar-refractivity contribution >= 4 is 11.9 Å². The third-order valence-corrected chi connectivity index (χ3v) is 4.39. The van der Waals surface area contributed by atoms with Crippen LogP contribution in [-0.2, 0) is 29.4 Å². The maximum Gasteiger partial charge on any atom is 0.340 e. The number of hydrogen-bond acceptors (Lipinski definition) is 6. The van der Waals surface area contributed by atoms with Gasteiger partial charge in [0, 0.05) is 6.20 Å². The summed E-state index contributed by atoms with van der Waals surface area (Å²) in [5.74, 6) is -0.825. The summed E-state index contributed by atoms with van der Waals surface area (Å²) in [6.07, 6.45) is 1.33. The molecule has 1 aliphatic rings. The van der Waals surface area contributed by atoms with E-state index in [2.05, 4.69) is 10.5 Å². The maximum atomic E-state index is 12.6. The second-order valence-corrected chi connectivity index (χ2v) is 6.38. The Morgan fingerprint density at radius 2 is 1.66 bits per heavy atom. The molecular weight excluding hydrogens is 372 g/mol. The lowest BCUT2D eigenvalue weighted by molar-refractivity contribution is 0.0226. The molecule has 0 bridgehead atoms. The highest BCUT2D eigenvalue weighted by Gasteiger charge is 2.30. The van der Waals surface area contributed by atoms with Crippen molar-refractivity contribution in [2.45, 2.75) is 19.8 Å². The first-order chi connectivity index (χ1) is 14.2. The quantitative estimate of drug-likeness (QED) is 0.493. The van der Waals surface area contributed by atoms with Gasteiger partial charge in [-0.15, -0.1) is 0 Å². The number of pyridine rings is 1. The highest BCUT2D eigenvalue weighted by atomic mass is 16.7. The number of aromatic nitrogens is 1. The summed E-state index contributed by atoms with van der Waals surface area (Å²) >= 11 is 0. The minimum Gasteiger partial charge on any atom is -0.486 e. The third kappa shape index (κ3) is 4.25. The molecule has 2 aromatic carbocycles. The Morgan fingerprint density at radius 3 is 2.34 bits per heavy atom. The predicted molar refractivity (Wildman–Crippen MR) is 103 cm³/mol. The van der Waals surface area contributed by atoms with E-state index in [1.54, 1.807) is 0 Å². The lowest BCUT2D eigenvalue weighted by Crippen LogP contribution is -2.25. The van der Waals surface area contributed by atoms with Crippen LogP contribution in [0.2, 0.25) is 0 Å². The number of benzene rings is 2. The van der Waals surface area contributed by atoms with Crippen LogP contribution in [-0.4, -0.2) is 16.9 Å². The van der Waals surface area contributed by atoms with E-state index in [0.29, 0.717) is 11.1 Å². The first-order valence-electron chi connectivity index (χ1n) is 9.04. The molecule has 1 N–H and O–H groups in total. The van der Waals surface area contributed by atoms with E-state index < -0.39 is 11.9 Å². The lowest BCUT2D eigenvalue weighted by atomic mass is 10.1. The van der Waals surface area contributed by atoms with E-state index in [1.165, 1.54) is 6.20 Å². The zero-order valence-corrected chi connectivity index (χ0v) is 15.5. The molecule has 4 rings (SSSR count). The fraction of sp³-hybridized carbons (Fsp3) is 0.136. The summed E-state index contributed by atoms with van der Waals surface area (Å²) in [6, 6.07) is 18.9. The zero-order chi connectivity index (χ0) is 20.1. The van der Waals surface area contributed by atoms with Gasteiger partial charge in [-0.25, -0.2) is 15.3 Å². The van der Waals surface area contributed by atoms with Gasteiger partial charge in [-0.2, -0.15) is 0 Å². The van der Waals surface area contributed by atoms with Gasteiger partial charge < -0.3 is 9.47 Å². The number of esters is 1. The number of carbonyl (C=O) groups excluding carboxylic acids is 2. The SMILES string of the molecule is O=C1OCc2c1cnc(C(=O)NOCc1ccccc1)c2OCc1ccccc1. The maximum absolute atomic E-state index is 12.6. The van der Waals surface area contributed by atoms with Gasteiger partial charge in [0.25, 0.3) is 5.91 Å². The Morgan fingerprint density at radius 1 is 1.00 bits per heavy atom. The standard InChI is InChI=1S/C22H18N2O5/c25-21(24-29-13-16-9-5-2-6-10-16)19-20(27-12-15-7-3-1-4-8-15)18-14-28-22(26)17(18)11-23-19/h1-11H,12-14H2,(H,24,25). The molecule has 1 aliphatic heterocycles. The molecule has 3 aromatic rings. The van der Waals surface area contributed by atoms with Gasteiger partial charge in [0.2, 0.25) is 0 Å². The van der Waals surface area contributed by atoms with Crippen LogP contribution in [0.15, 0.2) is 66.9 Å². The summed E-state index contributed by atoms with van der Waals surface area (Å²) in [7, 11) is 0. The molecule has 29 heavy (non-hydrogen) atoms. The first-order valence-corrected chi connectivity index (χ1v) is 9.04. The largest absolute Gasteiger partial charge is 0.486 e. The molecule has 0 saturated carbocycles. The molecule has 0 unspecified atom stereocenters. The summed E-state index contributed by atoms with van der Waals surface area (Å²) < 4.78 is 11.0. The molecule has 0 atom stereocenters. The van der Waals surface area contributed by atoms with Crippen molar-refractivity contribution in [2.24, 2.45) is 0 Å². The van der Waals surface area contributed by atoms with E-state index in [9.17, 15) is 9.59 Å². The van der Waals surface area contributed by atoms with Crippen LogP contribution in [0.25, 0.3) is 0 Å². The highest BCUT2D eigenvalue weighted by molar-refractivity contribution is 5.99. The van der Waals surface area contributed by atoms with Crippen LogP contribution in [0.5, 0.6) is 5.75 Å². The molecule has 0 saturated heterocycles. The summed E-state index contributed by atoms with van der Waals surface area (Å²) in [6.45, 7) is 0.462. The van der Waals surface area contributed by atoms with Gasteiger partial charge in [0.1, 0.15) is 13.2 Å². The van der Waals surface area contributed by atoms with Crippen LogP contribution in [0, 0.1) is 0 Å². The fourth-order valence-corrected chi connectivity index (χ4v) is 2.92. The molecule has 1 amide bonds. The van der Waals surface area contributed by atoms with Gasteiger partial charge in [0.15, 0.2) is 11.4 Å². The van der Waals surface area contributed by atoms with E-state index >= 15 is 0 Å². The molecule has 0 spiro atoms. The van der Waals surface area contributed by atoms with E-state index in [0.717, 1.165) is 11.1 Å². The Balaban J connectivity index is 1.52. The lowest BCUT2D eigenvalue weighted by Gasteiger charge is -2.13. The van der Waals surface area contributed by atoms with Crippen molar-refractivity contribution in [3.05, 3.63) is 94.8 Å². The van der Waals surface area contributed by atoms with Gasteiger partial charge in [-0.3, -0.25) is 9.63 Å². The number of hydroxylamine groups is 1. The van der Waals surface area contributed by atoms with E-state index in [-0.39, 0.29) is 31.3 Å². The van der Waals surface area contributed by atoms with Gasteiger partial charge >= 0.3 is 5.97 Å². The first kappa shape index (κ1) is 18.6. The number of fused-ring (bicyclic) bond motifs is 1. The molecule has 146 valence electrons. The highest BCUT2D eigenvalue weighted by Crippen LogP contribution is 2.32. The van der Waals surface area contributed by atoms with Crippen LogP contribution in [0.4, 0.5) is 0 Å². The average molecular weight is 390 g/mol. The number of carbonyl (C=O) groups is 2. The molecule has 2 heterocycles. The molecule has 0 radical (unpaired) electrons. The molecule has 7 nitrogen and oxygen atoms in total. The van der Waals surface area contributed by atoms with Crippen molar-refractivity contribution in [2.75, 3.05) is 0 Å². The van der Waals surface area contributed by atoms with Crippen molar-refractivity contribution in [1.29, 1.82) is 0 Å². The Labute approximate surface area is 167 Å². The smallest absolute Gasteiger partial charge is 0.340 e. The topological polar surface area (TPSA) is 86.8 Å². The zero-order valence-electron chi connectivity index (χ0n) is 15.5. The molecule has 0 aliphatic carbocycles.